The number of nitrogens with one attached hydrogen (secondary N) is 2. The summed E-state index contributed by atoms with van der Waals surface area (Å²) in [6.45, 7) is 1.82. The number of hydrogen-bond donors (Lipinski definition) is 2. The average Bonchev–Trinajstić information content (AvgIpc) is 2.66. The van der Waals surface area contributed by atoms with Gasteiger partial charge >= 0.3 is 11.9 Å². The SMILES string of the molecule is COC(=O)c1ccc(C(=O)OC)c(NC(=O)CNc2ccc(C)cc2Cl)c1. The van der Waals surface area contributed by atoms with Crippen LogP contribution in [0, 0.1) is 6.92 Å². The van der Waals surface area contributed by atoms with Crippen LogP contribution in [-0.4, -0.2) is 38.6 Å². The number of anilines is 2. The van der Waals surface area contributed by atoms with E-state index >= 15 is 0 Å². The van der Waals surface area contributed by atoms with E-state index in [0.717, 1.165) is 5.56 Å². The van der Waals surface area contributed by atoms with Gasteiger partial charge in [-0.1, -0.05) is 17.7 Å². The maximum Gasteiger partial charge on any atom is 0.339 e. The van der Waals surface area contributed by atoms with Crippen molar-refractivity contribution >= 4 is 40.8 Å². The third kappa shape index (κ3) is 5.21. The molecule has 7 nitrogen and oxygen atoms in total. The minimum atomic E-state index is -0.642. The van der Waals surface area contributed by atoms with Gasteiger partial charge in [0.05, 0.1) is 48.3 Å². The van der Waals surface area contributed by atoms with E-state index < -0.39 is 17.8 Å². The Hall–Kier alpha value is -3.06. The molecular formula is C19H19ClN2O5. The second-order valence-corrected chi connectivity index (χ2v) is 6.04. The van der Waals surface area contributed by atoms with Gasteiger partial charge in [0.25, 0.3) is 0 Å². The summed E-state index contributed by atoms with van der Waals surface area (Å²) < 4.78 is 9.36. The number of aryl methyl sites for hydroxylation is 1. The quantitative estimate of drug-likeness (QED) is 0.735. The van der Waals surface area contributed by atoms with Crippen LogP contribution >= 0.6 is 11.6 Å². The van der Waals surface area contributed by atoms with Gasteiger partial charge in [-0.05, 0) is 42.8 Å². The molecule has 2 N–H and O–H groups in total. The van der Waals surface area contributed by atoms with Gasteiger partial charge in [-0.15, -0.1) is 0 Å². The molecule has 27 heavy (non-hydrogen) atoms. The lowest BCUT2D eigenvalue weighted by atomic mass is 10.1. The van der Waals surface area contributed by atoms with Gasteiger partial charge in [-0.2, -0.15) is 0 Å². The molecule has 142 valence electrons. The Morgan fingerprint density at radius 3 is 2.30 bits per heavy atom. The number of methoxy groups -OCH3 is 2. The minimum Gasteiger partial charge on any atom is -0.465 e. The van der Waals surface area contributed by atoms with Crippen LogP contribution in [0.4, 0.5) is 11.4 Å². The molecule has 0 saturated carbocycles. The predicted molar refractivity (Wildman–Crippen MR) is 102 cm³/mol. The molecule has 0 aliphatic heterocycles. The van der Waals surface area contributed by atoms with Crippen molar-refractivity contribution < 1.29 is 23.9 Å². The van der Waals surface area contributed by atoms with Gasteiger partial charge in [-0.3, -0.25) is 4.79 Å². The van der Waals surface area contributed by atoms with E-state index in [2.05, 4.69) is 15.4 Å². The predicted octanol–water partition coefficient (Wildman–Crippen LogP) is 3.27. The fraction of sp³-hybridized carbons (Fsp3) is 0.211. The molecule has 0 spiro atoms. The molecule has 2 aromatic carbocycles. The number of ether oxygens (including phenoxy) is 2. The fourth-order valence-corrected chi connectivity index (χ4v) is 2.62. The molecular weight excluding hydrogens is 372 g/mol. The lowest BCUT2D eigenvalue weighted by Crippen LogP contribution is -2.23. The number of carbonyl (C=O) groups excluding carboxylic acids is 3. The first-order valence-corrected chi connectivity index (χ1v) is 8.34. The zero-order chi connectivity index (χ0) is 20.0. The van der Waals surface area contributed by atoms with E-state index in [1.165, 1.54) is 32.4 Å². The van der Waals surface area contributed by atoms with E-state index in [9.17, 15) is 14.4 Å². The summed E-state index contributed by atoms with van der Waals surface area (Å²) in [6.07, 6.45) is 0. The molecule has 0 bridgehead atoms. The molecule has 0 fully saturated rings. The van der Waals surface area contributed by atoms with Crippen LogP contribution in [0.3, 0.4) is 0 Å². The lowest BCUT2D eigenvalue weighted by Gasteiger charge is -2.13. The molecule has 0 atom stereocenters. The summed E-state index contributed by atoms with van der Waals surface area (Å²) in [7, 11) is 2.47. The van der Waals surface area contributed by atoms with Crippen molar-refractivity contribution in [3.05, 3.63) is 58.1 Å². The van der Waals surface area contributed by atoms with Crippen molar-refractivity contribution in [1.29, 1.82) is 0 Å². The molecule has 0 aromatic heterocycles. The Labute approximate surface area is 161 Å². The van der Waals surface area contributed by atoms with Crippen molar-refractivity contribution in [1.82, 2.24) is 0 Å². The highest BCUT2D eigenvalue weighted by Crippen LogP contribution is 2.23. The van der Waals surface area contributed by atoms with Crippen molar-refractivity contribution in [2.75, 3.05) is 31.4 Å². The van der Waals surface area contributed by atoms with Crippen LogP contribution in [-0.2, 0) is 14.3 Å². The van der Waals surface area contributed by atoms with Gasteiger partial charge in [0.1, 0.15) is 0 Å². The number of halogens is 1. The Bertz CT molecular complexity index is 882. The zero-order valence-electron chi connectivity index (χ0n) is 15.1. The second-order valence-electron chi connectivity index (χ2n) is 5.63. The Balaban J connectivity index is 2.16. The molecule has 1 amide bonds. The molecule has 0 radical (unpaired) electrons. The first kappa shape index (κ1) is 20.3. The molecule has 0 saturated heterocycles. The van der Waals surface area contributed by atoms with Gasteiger partial charge in [-0.25, -0.2) is 9.59 Å². The van der Waals surface area contributed by atoms with Gasteiger partial charge < -0.3 is 20.1 Å². The van der Waals surface area contributed by atoms with Gasteiger partial charge in [0.15, 0.2) is 0 Å². The molecule has 0 aliphatic carbocycles. The Morgan fingerprint density at radius 1 is 0.963 bits per heavy atom. The second kappa shape index (κ2) is 9.05. The normalized spacial score (nSPS) is 10.1. The number of amides is 1. The highest BCUT2D eigenvalue weighted by atomic mass is 35.5. The van der Waals surface area contributed by atoms with Crippen LogP contribution in [0.1, 0.15) is 26.3 Å². The summed E-state index contributed by atoms with van der Waals surface area (Å²) in [5, 5.41) is 6.00. The van der Waals surface area contributed by atoms with E-state index in [1.807, 2.05) is 13.0 Å². The van der Waals surface area contributed by atoms with E-state index in [0.29, 0.717) is 10.7 Å². The first-order chi connectivity index (χ1) is 12.8. The standard InChI is InChI=1S/C19H19ClN2O5/c1-11-4-7-15(14(20)8-11)21-10-17(23)22-16-9-12(18(24)26-2)5-6-13(16)19(25)27-3/h4-9,21H,10H2,1-3H3,(H,22,23). The summed E-state index contributed by atoms with van der Waals surface area (Å²) in [4.78, 5) is 35.9. The highest BCUT2D eigenvalue weighted by molar-refractivity contribution is 6.33. The summed E-state index contributed by atoms with van der Waals surface area (Å²) in [5.41, 5.74) is 2.06. The van der Waals surface area contributed by atoms with E-state index in [-0.39, 0.29) is 23.4 Å². The monoisotopic (exact) mass is 390 g/mol. The van der Waals surface area contributed by atoms with Crippen LogP contribution in [0.25, 0.3) is 0 Å². The third-order valence-corrected chi connectivity index (χ3v) is 4.00. The zero-order valence-corrected chi connectivity index (χ0v) is 15.8. The van der Waals surface area contributed by atoms with Crippen molar-refractivity contribution in [2.24, 2.45) is 0 Å². The molecule has 0 unspecified atom stereocenters. The maximum atomic E-state index is 12.3. The molecule has 8 heteroatoms. The average molecular weight is 391 g/mol. The van der Waals surface area contributed by atoms with Crippen LogP contribution in [0.2, 0.25) is 5.02 Å². The number of carbonyl (C=O) groups is 3. The fourth-order valence-electron chi connectivity index (χ4n) is 2.31. The first-order valence-electron chi connectivity index (χ1n) is 7.96. The van der Waals surface area contributed by atoms with Crippen molar-refractivity contribution in [3.8, 4) is 0 Å². The third-order valence-electron chi connectivity index (χ3n) is 3.68. The molecule has 0 heterocycles. The molecule has 2 rings (SSSR count). The number of rotatable bonds is 6. The summed E-state index contributed by atoms with van der Waals surface area (Å²) in [6, 6.07) is 9.56. The highest BCUT2D eigenvalue weighted by Gasteiger charge is 2.17. The van der Waals surface area contributed by atoms with Crippen LogP contribution in [0.15, 0.2) is 36.4 Å². The molecule has 0 aliphatic rings. The smallest absolute Gasteiger partial charge is 0.339 e. The maximum absolute atomic E-state index is 12.3. The topological polar surface area (TPSA) is 93.7 Å². The van der Waals surface area contributed by atoms with Crippen LogP contribution in [0.5, 0.6) is 0 Å². The lowest BCUT2D eigenvalue weighted by molar-refractivity contribution is -0.114. The number of esters is 2. The number of hydrogen-bond acceptors (Lipinski definition) is 6. The number of benzene rings is 2. The van der Waals surface area contributed by atoms with E-state index in [4.69, 9.17) is 16.3 Å². The van der Waals surface area contributed by atoms with Crippen LogP contribution < -0.4 is 10.6 Å². The summed E-state index contributed by atoms with van der Waals surface area (Å²) in [5.74, 6) is -1.67. The van der Waals surface area contributed by atoms with Gasteiger partial charge in [0, 0.05) is 0 Å². The van der Waals surface area contributed by atoms with E-state index in [1.54, 1.807) is 12.1 Å². The summed E-state index contributed by atoms with van der Waals surface area (Å²) >= 11 is 6.12. The largest absolute Gasteiger partial charge is 0.465 e. The Morgan fingerprint density at radius 2 is 1.67 bits per heavy atom. The van der Waals surface area contributed by atoms with Crippen molar-refractivity contribution in [2.45, 2.75) is 6.92 Å². The van der Waals surface area contributed by atoms with Gasteiger partial charge in [0.2, 0.25) is 5.91 Å². The van der Waals surface area contributed by atoms with Crippen molar-refractivity contribution in [3.63, 3.8) is 0 Å². The Kier molecular flexibility index (Phi) is 6.79. The molecule has 2 aromatic rings. The minimum absolute atomic E-state index is 0.0914.